The molecule has 0 aliphatic carbocycles. The molecule has 0 bridgehead atoms. The van der Waals surface area contributed by atoms with E-state index in [-0.39, 0.29) is 22.6 Å². The van der Waals surface area contributed by atoms with Crippen LogP contribution in [0.1, 0.15) is 18.1 Å². The van der Waals surface area contributed by atoms with E-state index in [0.29, 0.717) is 28.3 Å². The van der Waals surface area contributed by atoms with E-state index in [9.17, 15) is 22.8 Å². The molecule has 4 aromatic rings. The summed E-state index contributed by atoms with van der Waals surface area (Å²) >= 11 is 1.18. The third-order valence-electron chi connectivity index (χ3n) is 5.92. The van der Waals surface area contributed by atoms with Gasteiger partial charge in [-0.15, -0.1) is 18.3 Å². The van der Waals surface area contributed by atoms with Gasteiger partial charge in [0.1, 0.15) is 12.1 Å². The fourth-order valence-electron chi connectivity index (χ4n) is 4.06. The molecule has 10 nitrogen and oxygen atoms in total. The summed E-state index contributed by atoms with van der Waals surface area (Å²) in [4.78, 5) is 34.8. The van der Waals surface area contributed by atoms with Gasteiger partial charge in [-0.3, -0.25) is 9.69 Å². The number of para-hydroxylation sites is 1. The van der Waals surface area contributed by atoms with E-state index >= 15 is 0 Å². The first-order chi connectivity index (χ1) is 20.2. The van der Waals surface area contributed by atoms with Crippen LogP contribution in [0.4, 0.5) is 23.7 Å². The molecule has 1 N–H and O–H groups in total. The largest absolute Gasteiger partial charge is 0.573 e. The van der Waals surface area contributed by atoms with Gasteiger partial charge in [-0.2, -0.15) is 10.1 Å². The van der Waals surface area contributed by atoms with E-state index in [1.54, 1.807) is 24.3 Å². The molecule has 14 heteroatoms. The second-order valence-corrected chi connectivity index (χ2v) is 9.69. The summed E-state index contributed by atoms with van der Waals surface area (Å²) in [7, 11) is 0. The number of amidine groups is 1. The summed E-state index contributed by atoms with van der Waals surface area (Å²) < 4.78 is 42.5. The predicted molar refractivity (Wildman–Crippen MR) is 153 cm³/mol. The summed E-state index contributed by atoms with van der Waals surface area (Å²) in [6.45, 7) is 1.99. The molecule has 3 amide bonds. The Balaban J connectivity index is 1.24. The third-order valence-corrected chi connectivity index (χ3v) is 6.84. The Bertz CT molecular complexity index is 1670. The molecule has 2 heterocycles. The van der Waals surface area contributed by atoms with E-state index in [1.165, 1.54) is 58.2 Å². The smallest absolute Gasteiger partial charge is 0.406 e. The van der Waals surface area contributed by atoms with E-state index in [2.05, 4.69) is 30.3 Å². The zero-order chi connectivity index (χ0) is 29.7. The molecular weight excluding hydrogens is 571 g/mol. The number of carbonyl (C=O) groups excluding carboxylic acids is 2. The van der Waals surface area contributed by atoms with E-state index in [1.807, 2.05) is 31.2 Å². The number of thioether (sulfide) groups is 1. The zero-order valence-electron chi connectivity index (χ0n) is 21.9. The highest BCUT2D eigenvalue weighted by Crippen LogP contribution is 2.30. The van der Waals surface area contributed by atoms with Crippen molar-refractivity contribution < 1.29 is 27.5 Å². The van der Waals surface area contributed by atoms with Gasteiger partial charge in [0.15, 0.2) is 11.0 Å². The Morgan fingerprint density at radius 1 is 1.12 bits per heavy atom. The molecule has 0 spiro atoms. The number of aliphatic imine (C=N–C) groups is 1. The normalized spacial score (nSPS) is 14.6. The van der Waals surface area contributed by atoms with Gasteiger partial charge in [0.2, 0.25) is 5.91 Å². The Labute approximate surface area is 241 Å². The summed E-state index contributed by atoms with van der Waals surface area (Å²) in [5.41, 5.74) is 5.79. The predicted octanol–water partition coefficient (Wildman–Crippen LogP) is 5.57. The lowest BCUT2D eigenvalue weighted by molar-refractivity contribution is -0.274. The van der Waals surface area contributed by atoms with Crippen molar-refractivity contribution >= 4 is 40.8 Å². The van der Waals surface area contributed by atoms with Gasteiger partial charge in [0, 0.05) is 5.56 Å². The van der Waals surface area contributed by atoms with Crippen LogP contribution in [-0.2, 0) is 11.2 Å². The van der Waals surface area contributed by atoms with Crippen LogP contribution in [0.15, 0.2) is 89.2 Å². The topological polar surface area (TPSA) is 114 Å². The Hall–Kier alpha value is -4.98. The molecule has 1 aliphatic rings. The van der Waals surface area contributed by atoms with E-state index < -0.39 is 12.4 Å². The van der Waals surface area contributed by atoms with Crippen LogP contribution < -0.4 is 15.1 Å². The molecule has 42 heavy (non-hydrogen) atoms. The number of nitrogens with one attached hydrogen (secondary N) is 1. The van der Waals surface area contributed by atoms with Crippen molar-refractivity contribution in [2.75, 3.05) is 10.7 Å². The zero-order valence-corrected chi connectivity index (χ0v) is 22.8. The molecular formula is C28H22F3N7O3S. The van der Waals surface area contributed by atoms with Gasteiger partial charge in [0.05, 0.1) is 23.3 Å². The number of rotatable bonds is 7. The second-order valence-electron chi connectivity index (χ2n) is 8.75. The van der Waals surface area contributed by atoms with Crippen LogP contribution in [0.3, 0.4) is 0 Å². The maximum atomic E-state index is 12.5. The quantitative estimate of drug-likeness (QED) is 0.221. The van der Waals surface area contributed by atoms with E-state index in [0.717, 1.165) is 12.0 Å². The molecule has 1 fully saturated rings. The van der Waals surface area contributed by atoms with Gasteiger partial charge in [-0.1, -0.05) is 55.1 Å². The number of urea groups is 1. The lowest BCUT2D eigenvalue weighted by Crippen LogP contribution is -2.31. The molecule has 5 rings (SSSR count). The molecule has 1 aliphatic heterocycles. The van der Waals surface area contributed by atoms with Gasteiger partial charge in [-0.05, 0) is 53.9 Å². The van der Waals surface area contributed by atoms with Gasteiger partial charge >= 0.3 is 12.4 Å². The molecule has 3 aromatic carbocycles. The summed E-state index contributed by atoms with van der Waals surface area (Å²) in [6, 6.07) is 19.0. The minimum absolute atomic E-state index is 0.156. The molecule has 1 saturated heterocycles. The highest BCUT2D eigenvalue weighted by atomic mass is 32.2. The summed E-state index contributed by atoms with van der Waals surface area (Å²) in [5, 5.41) is 8.64. The van der Waals surface area contributed by atoms with Crippen molar-refractivity contribution in [1.29, 1.82) is 0 Å². The number of hydrazone groups is 1. The maximum Gasteiger partial charge on any atom is 0.573 e. The first-order valence-electron chi connectivity index (χ1n) is 12.5. The summed E-state index contributed by atoms with van der Waals surface area (Å²) in [6.07, 6.45) is -1.19. The van der Waals surface area contributed by atoms with Crippen LogP contribution in [0.5, 0.6) is 5.75 Å². The maximum absolute atomic E-state index is 12.5. The first-order valence-corrected chi connectivity index (χ1v) is 13.5. The van der Waals surface area contributed by atoms with Crippen LogP contribution in [0, 0.1) is 0 Å². The molecule has 0 atom stereocenters. The number of anilines is 1. The SMILES string of the molecule is CCc1ccccc1N1C(=O)CSC1=NC(=O)N/N=C/c1cccc(-c2ncn(-c3ccc(OC(F)(F)F)cc3)n2)c1. The number of aryl methyl sites for hydroxylation is 1. The van der Waals surface area contributed by atoms with Gasteiger partial charge in [0.25, 0.3) is 0 Å². The van der Waals surface area contributed by atoms with Crippen molar-refractivity contribution in [1.82, 2.24) is 20.2 Å². The van der Waals surface area contributed by atoms with Crippen molar-refractivity contribution in [2.45, 2.75) is 19.7 Å². The van der Waals surface area contributed by atoms with E-state index in [4.69, 9.17) is 0 Å². The van der Waals surface area contributed by atoms with Gasteiger partial charge in [-0.25, -0.2) is 19.9 Å². The number of carbonyl (C=O) groups is 2. The standard InChI is InChI=1S/C28H22F3N7O3S/c1-2-19-7-3-4-9-23(19)38-24(39)16-42-27(38)34-26(40)35-33-15-18-6-5-8-20(14-18)25-32-17-37(36-25)21-10-12-22(13-11-21)41-28(29,30)31/h3-15,17H,2,16H2,1H3,(H,35,40)/b33-15+,34-27?. The van der Waals surface area contributed by atoms with Crippen LogP contribution in [-0.4, -0.2) is 50.2 Å². The number of halogens is 3. The lowest BCUT2D eigenvalue weighted by atomic mass is 10.1. The van der Waals surface area contributed by atoms with Crippen molar-refractivity contribution in [3.05, 3.63) is 90.3 Å². The fraction of sp³-hybridized carbons (Fsp3) is 0.143. The van der Waals surface area contributed by atoms with Crippen LogP contribution in [0.2, 0.25) is 0 Å². The number of aromatic nitrogens is 3. The molecule has 0 saturated carbocycles. The van der Waals surface area contributed by atoms with Gasteiger partial charge < -0.3 is 4.74 Å². The number of hydrogen-bond acceptors (Lipinski definition) is 7. The average molecular weight is 594 g/mol. The lowest BCUT2D eigenvalue weighted by Gasteiger charge is -2.18. The minimum atomic E-state index is -4.77. The molecule has 1 aromatic heterocycles. The number of nitrogens with zero attached hydrogens (tertiary/aromatic N) is 6. The minimum Gasteiger partial charge on any atom is -0.406 e. The molecule has 214 valence electrons. The number of amides is 3. The molecule has 0 radical (unpaired) electrons. The average Bonchev–Trinajstić information content (AvgIpc) is 3.60. The monoisotopic (exact) mass is 593 g/mol. The number of hydrogen-bond donors (Lipinski definition) is 1. The highest BCUT2D eigenvalue weighted by molar-refractivity contribution is 8.15. The Kier molecular flexibility index (Phi) is 8.33. The second kappa shape index (κ2) is 12.3. The molecule has 0 unspecified atom stereocenters. The number of alkyl halides is 3. The van der Waals surface area contributed by atoms with Crippen molar-refractivity contribution in [3.8, 4) is 22.8 Å². The Morgan fingerprint density at radius 2 is 1.90 bits per heavy atom. The first kappa shape index (κ1) is 28.5. The van der Waals surface area contributed by atoms with Crippen LogP contribution in [0.25, 0.3) is 17.1 Å². The summed E-state index contributed by atoms with van der Waals surface area (Å²) in [5.74, 6) is 0.0524. The van der Waals surface area contributed by atoms with Crippen LogP contribution >= 0.6 is 11.8 Å². The highest BCUT2D eigenvalue weighted by Gasteiger charge is 2.32. The third kappa shape index (κ3) is 6.83. The Morgan fingerprint density at radius 3 is 2.67 bits per heavy atom. The number of ether oxygens (including phenoxy) is 1. The number of benzene rings is 3. The van der Waals surface area contributed by atoms with Crippen molar-refractivity contribution in [3.63, 3.8) is 0 Å². The fourth-order valence-corrected chi connectivity index (χ4v) is 4.92. The van der Waals surface area contributed by atoms with Crippen molar-refractivity contribution in [2.24, 2.45) is 10.1 Å².